The van der Waals surface area contributed by atoms with Gasteiger partial charge >= 0.3 is 0 Å². The van der Waals surface area contributed by atoms with E-state index in [-0.39, 0.29) is 16.6 Å². The number of rotatable bonds is 7. The van der Waals surface area contributed by atoms with E-state index < -0.39 is 11.4 Å². The van der Waals surface area contributed by atoms with Gasteiger partial charge in [0.1, 0.15) is 17.2 Å². The molecule has 0 aliphatic carbocycles. The third-order valence-corrected chi connectivity index (χ3v) is 4.84. The van der Waals surface area contributed by atoms with Crippen LogP contribution in [0.5, 0.6) is 0 Å². The van der Waals surface area contributed by atoms with Crippen LogP contribution in [0.3, 0.4) is 0 Å². The van der Waals surface area contributed by atoms with Gasteiger partial charge in [0.25, 0.3) is 5.56 Å². The highest BCUT2D eigenvalue weighted by Crippen LogP contribution is 2.29. The lowest BCUT2D eigenvalue weighted by atomic mass is 10.1. The van der Waals surface area contributed by atoms with Crippen molar-refractivity contribution in [2.24, 2.45) is 0 Å². The molecule has 0 radical (unpaired) electrons. The molecule has 150 valence electrons. The maximum absolute atomic E-state index is 14.3. The largest absolute Gasteiger partial charge is 0.397 e. The van der Waals surface area contributed by atoms with Crippen molar-refractivity contribution in [3.8, 4) is 11.4 Å². The van der Waals surface area contributed by atoms with Gasteiger partial charge < -0.3 is 25.8 Å². The molecule has 2 aromatic carbocycles. The number of nitrogens with one attached hydrogen (secondary N) is 3. The van der Waals surface area contributed by atoms with Crippen LogP contribution < -0.4 is 16.6 Å². The van der Waals surface area contributed by atoms with E-state index in [1.54, 1.807) is 13.2 Å². The molecule has 0 amide bonds. The van der Waals surface area contributed by atoms with E-state index in [4.69, 9.17) is 10.5 Å². The Morgan fingerprint density at radius 1 is 1.21 bits per heavy atom. The van der Waals surface area contributed by atoms with Gasteiger partial charge in [-0.05, 0) is 42.8 Å². The van der Waals surface area contributed by atoms with Crippen LogP contribution in [-0.4, -0.2) is 35.2 Å². The lowest BCUT2D eigenvalue weighted by molar-refractivity contribution is 0.194. The highest BCUT2D eigenvalue weighted by molar-refractivity contribution is 5.98. The standard InChI is InChI=1S/C21H22FN5O2/c1-29-9-3-8-24-11-12-6-7-14-16(10-12)26-20(25-14)18-19(23)17-13(22)4-2-5-15(17)27-21(18)28/h2,4-7,10,24H,3,8-9,11H2,1H3,(H,25,26)(H3,23,27,28). The maximum atomic E-state index is 14.3. The molecule has 4 aromatic rings. The number of nitrogen functional groups attached to an aromatic ring is 1. The van der Waals surface area contributed by atoms with Gasteiger partial charge in [0.2, 0.25) is 0 Å². The number of hydrogen-bond acceptors (Lipinski definition) is 5. The number of halogens is 1. The Labute approximate surface area is 166 Å². The number of imidazole rings is 1. The zero-order valence-corrected chi connectivity index (χ0v) is 16.0. The van der Waals surface area contributed by atoms with E-state index >= 15 is 0 Å². The molecule has 0 aliphatic heterocycles. The molecular weight excluding hydrogens is 373 g/mol. The minimum atomic E-state index is -0.490. The fourth-order valence-corrected chi connectivity index (χ4v) is 3.43. The molecule has 0 atom stereocenters. The summed E-state index contributed by atoms with van der Waals surface area (Å²) in [5.74, 6) is -0.176. The first kappa shape index (κ1) is 19.1. The third kappa shape index (κ3) is 3.72. The Morgan fingerprint density at radius 2 is 2.07 bits per heavy atom. The number of aromatic nitrogens is 3. The number of nitrogens with zero attached hydrogens (tertiary/aromatic N) is 1. The van der Waals surface area contributed by atoms with Gasteiger partial charge in [-0.15, -0.1) is 0 Å². The zero-order valence-electron chi connectivity index (χ0n) is 16.0. The number of fused-ring (bicyclic) bond motifs is 2. The van der Waals surface area contributed by atoms with Crippen LogP contribution in [-0.2, 0) is 11.3 Å². The number of nitrogens with two attached hydrogens (primary N) is 1. The van der Waals surface area contributed by atoms with Crippen molar-refractivity contribution in [1.82, 2.24) is 20.3 Å². The first-order valence-electron chi connectivity index (χ1n) is 9.37. The van der Waals surface area contributed by atoms with Gasteiger partial charge in [-0.2, -0.15) is 0 Å². The van der Waals surface area contributed by atoms with E-state index in [2.05, 4.69) is 20.3 Å². The van der Waals surface area contributed by atoms with Crippen LogP contribution in [0.25, 0.3) is 33.3 Å². The monoisotopic (exact) mass is 395 g/mol. The molecule has 4 rings (SSSR count). The Hall–Kier alpha value is -3.23. The average Bonchev–Trinajstić information content (AvgIpc) is 3.10. The Bertz CT molecular complexity index is 1230. The zero-order chi connectivity index (χ0) is 20.4. The van der Waals surface area contributed by atoms with Crippen molar-refractivity contribution < 1.29 is 9.13 Å². The molecule has 0 fully saturated rings. The highest BCUT2D eigenvalue weighted by Gasteiger charge is 2.18. The highest BCUT2D eigenvalue weighted by atomic mass is 19.1. The summed E-state index contributed by atoms with van der Waals surface area (Å²) in [7, 11) is 1.69. The van der Waals surface area contributed by atoms with Crippen molar-refractivity contribution in [3.05, 3.63) is 58.1 Å². The number of pyridine rings is 1. The number of benzene rings is 2. The molecule has 0 saturated heterocycles. The van der Waals surface area contributed by atoms with Crippen molar-refractivity contribution in [1.29, 1.82) is 0 Å². The van der Waals surface area contributed by atoms with Crippen LogP contribution in [0.2, 0.25) is 0 Å². The molecule has 29 heavy (non-hydrogen) atoms. The minimum absolute atomic E-state index is 0.0703. The molecule has 7 nitrogen and oxygen atoms in total. The second-order valence-electron chi connectivity index (χ2n) is 6.87. The molecule has 8 heteroatoms. The number of H-pyrrole nitrogens is 2. The molecule has 0 unspecified atom stereocenters. The molecule has 0 bridgehead atoms. The molecule has 0 aliphatic rings. The first-order valence-corrected chi connectivity index (χ1v) is 9.37. The summed E-state index contributed by atoms with van der Waals surface area (Å²) in [6.45, 7) is 2.28. The minimum Gasteiger partial charge on any atom is -0.397 e. The summed E-state index contributed by atoms with van der Waals surface area (Å²) in [5.41, 5.74) is 8.88. The second kappa shape index (κ2) is 8.02. The normalized spacial score (nSPS) is 11.5. The predicted octanol–water partition coefficient (Wildman–Crippen LogP) is 2.92. The Kier molecular flexibility index (Phi) is 5.28. The Balaban J connectivity index is 1.68. The van der Waals surface area contributed by atoms with Crippen LogP contribution in [0.1, 0.15) is 12.0 Å². The number of anilines is 1. The molecule has 0 saturated carbocycles. The fourth-order valence-electron chi connectivity index (χ4n) is 3.43. The molecular formula is C21H22FN5O2. The summed E-state index contributed by atoms with van der Waals surface area (Å²) >= 11 is 0. The van der Waals surface area contributed by atoms with E-state index in [1.807, 2.05) is 18.2 Å². The van der Waals surface area contributed by atoms with E-state index in [9.17, 15) is 9.18 Å². The summed E-state index contributed by atoms with van der Waals surface area (Å²) in [4.78, 5) is 22.9. The smallest absolute Gasteiger partial charge is 0.261 e. The molecule has 0 spiro atoms. The van der Waals surface area contributed by atoms with E-state index in [1.165, 1.54) is 12.1 Å². The van der Waals surface area contributed by atoms with Crippen molar-refractivity contribution in [2.75, 3.05) is 26.0 Å². The molecule has 5 N–H and O–H groups in total. The van der Waals surface area contributed by atoms with Gasteiger partial charge in [0.15, 0.2) is 0 Å². The van der Waals surface area contributed by atoms with Crippen molar-refractivity contribution in [2.45, 2.75) is 13.0 Å². The number of ether oxygens (including phenoxy) is 1. The van der Waals surface area contributed by atoms with Crippen LogP contribution in [0, 0.1) is 5.82 Å². The summed E-state index contributed by atoms with van der Waals surface area (Å²) in [5, 5.41) is 3.54. The van der Waals surface area contributed by atoms with Gasteiger partial charge in [0, 0.05) is 20.3 Å². The number of aromatic amines is 2. The SMILES string of the molecule is COCCCNCc1ccc2nc(-c3c(N)c4c(F)cccc4[nH]c3=O)[nH]c2c1. The fraction of sp³-hybridized carbons (Fsp3) is 0.238. The van der Waals surface area contributed by atoms with Crippen molar-refractivity contribution in [3.63, 3.8) is 0 Å². The third-order valence-electron chi connectivity index (χ3n) is 4.84. The van der Waals surface area contributed by atoms with E-state index in [0.717, 1.165) is 30.7 Å². The lowest BCUT2D eigenvalue weighted by Crippen LogP contribution is -2.15. The molecule has 2 aromatic heterocycles. The molecule has 2 heterocycles. The summed E-state index contributed by atoms with van der Waals surface area (Å²) in [6, 6.07) is 10.3. The van der Waals surface area contributed by atoms with Crippen LogP contribution in [0.4, 0.5) is 10.1 Å². The van der Waals surface area contributed by atoms with Crippen molar-refractivity contribution >= 4 is 27.6 Å². The van der Waals surface area contributed by atoms with Crippen LogP contribution >= 0.6 is 0 Å². The Morgan fingerprint density at radius 3 is 2.90 bits per heavy atom. The topological polar surface area (TPSA) is 109 Å². The van der Waals surface area contributed by atoms with E-state index in [0.29, 0.717) is 23.4 Å². The summed E-state index contributed by atoms with van der Waals surface area (Å²) < 4.78 is 19.3. The van der Waals surface area contributed by atoms with Gasteiger partial charge in [-0.25, -0.2) is 9.37 Å². The predicted molar refractivity (Wildman–Crippen MR) is 112 cm³/mol. The quantitative estimate of drug-likeness (QED) is 0.360. The average molecular weight is 395 g/mol. The van der Waals surface area contributed by atoms with Gasteiger partial charge in [-0.1, -0.05) is 12.1 Å². The number of methoxy groups -OCH3 is 1. The van der Waals surface area contributed by atoms with Gasteiger partial charge in [0.05, 0.1) is 27.6 Å². The maximum Gasteiger partial charge on any atom is 0.261 e. The van der Waals surface area contributed by atoms with Gasteiger partial charge in [-0.3, -0.25) is 4.79 Å². The first-order chi connectivity index (χ1) is 14.1. The summed E-state index contributed by atoms with van der Waals surface area (Å²) in [6.07, 6.45) is 0.938. The lowest BCUT2D eigenvalue weighted by Gasteiger charge is -2.07. The number of hydrogen-bond donors (Lipinski definition) is 4. The van der Waals surface area contributed by atoms with Crippen LogP contribution in [0.15, 0.2) is 41.2 Å². The second-order valence-corrected chi connectivity index (χ2v) is 6.87.